The standard InChI is InChI=1S/C16H12F3N3O/c17-16(18,19)12-4-6-14(7-5-12)22-9-15(21-11-22)23-10-13-3-1-2-8-20-13/h1-9,11H,10H2. The molecule has 1 aromatic carbocycles. The van der Waals surface area contributed by atoms with Crippen LogP contribution in [0.1, 0.15) is 11.3 Å². The van der Waals surface area contributed by atoms with Crippen molar-refractivity contribution in [1.29, 1.82) is 0 Å². The lowest BCUT2D eigenvalue weighted by molar-refractivity contribution is -0.137. The van der Waals surface area contributed by atoms with Crippen LogP contribution >= 0.6 is 0 Å². The highest BCUT2D eigenvalue weighted by atomic mass is 19.4. The molecule has 0 bridgehead atoms. The van der Waals surface area contributed by atoms with Gasteiger partial charge in [-0.2, -0.15) is 13.2 Å². The smallest absolute Gasteiger partial charge is 0.416 e. The molecule has 0 amide bonds. The topological polar surface area (TPSA) is 39.9 Å². The number of hydrogen-bond acceptors (Lipinski definition) is 3. The Kier molecular flexibility index (Phi) is 4.01. The third kappa shape index (κ3) is 3.68. The van der Waals surface area contributed by atoms with E-state index in [2.05, 4.69) is 9.97 Å². The molecule has 0 aliphatic heterocycles. The maximum Gasteiger partial charge on any atom is 0.416 e. The highest BCUT2D eigenvalue weighted by molar-refractivity contribution is 5.36. The first-order valence-corrected chi connectivity index (χ1v) is 6.77. The summed E-state index contributed by atoms with van der Waals surface area (Å²) >= 11 is 0. The second kappa shape index (κ2) is 6.12. The van der Waals surface area contributed by atoms with Crippen LogP contribution in [0.15, 0.2) is 61.2 Å². The van der Waals surface area contributed by atoms with Gasteiger partial charge in [0.15, 0.2) is 0 Å². The van der Waals surface area contributed by atoms with E-state index >= 15 is 0 Å². The molecule has 0 spiro atoms. The third-order valence-electron chi connectivity index (χ3n) is 3.15. The van der Waals surface area contributed by atoms with Crippen molar-refractivity contribution >= 4 is 0 Å². The summed E-state index contributed by atoms with van der Waals surface area (Å²) in [5.41, 5.74) is 0.641. The van der Waals surface area contributed by atoms with Crippen LogP contribution < -0.4 is 4.74 Å². The maximum absolute atomic E-state index is 12.5. The van der Waals surface area contributed by atoms with Crippen molar-refractivity contribution in [3.63, 3.8) is 0 Å². The number of alkyl halides is 3. The number of ether oxygens (including phenoxy) is 1. The molecule has 0 radical (unpaired) electrons. The first-order chi connectivity index (χ1) is 11.0. The van der Waals surface area contributed by atoms with Gasteiger partial charge in [-0.3, -0.25) is 4.98 Å². The molecule has 2 aromatic heterocycles. The van der Waals surface area contributed by atoms with E-state index < -0.39 is 11.7 Å². The molecular weight excluding hydrogens is 307 g/mol. The summed E-state index contributed by atoms with van der Waals surface area (Å²) in [5, 5.41) is 0. The first-order valence-electron chi connectivity index (χ1n) is 6.77. The van der Waals surface area contributed by atoms with Crippen LogP contribution in [0, 0.1) is 0 Å². The molecule has 0 unspecified atom stereocenters. The zero-order valence-electron chi connectivity index (χ0n) is 11.9. The van der Waals surface area contributed by atoms with Crippen LogP contribution in [0.25, 0.3) is 5.69 Å². The molecule has 2 heterocycles. The van der Waals surface area contributed by atoms with E-state index in [9.17, 15) is 13.2 Å². The van der Waals surface area contributed by atoms with Gasteiger partial charge in [0.2, 0.25) is 5.88 Å². The second-order valence-electron chi connectivity index (χ2n) is 4.77. The molecule has 4 nitrogen and oxygen atoms in total. The van der Waals surface area contributed by atoms with Gasteiger partial charge < -0.3 is 9.30 Å². The molecule has 0 saturated heterocycles. The number of rotatable bonds is 4. The van der Waals surface area contributed by atoms with E-state index in [1.807, 2.05) is 18.2 Å². The first kappa shape index (κ1) is 15.1. The lowest BCUT2D eigenvalue weighted by atomic mass is 10.2. The number of hydrogen-bond donors (Lipinski definition) is 0. The predicted molar refractivity (Wildman–Crippen MR) is 77.1 cm³/mol. The summed E-state index contributed by atoms with van der Waals surface area (Å²) in [6, 6.07) is 10.3. The monoisotopic (exact) mass is 319 g/mol. The number of pyridine rings is 1. The van der Waals surface area contributed by atoms with Gasteiger partial charge in [-0.25, -0.2) is 4.98 Å². The quantitative estimate of drug-likeness (QED) is 0.733. The van der Waals surface area contributed by atoms with Crippen molar-refractivity contribution in [1.82, 2.24) is 14.5 Å². The van der Waals surface area contributed by atoms with E-state index in [1.54, 1.807) is 17.0 Å². The van der Waals surface area contributed by atoms with E-state index in [0.29, 0.717) is 11.6 Å². The highest BCUT2D eigenvalue weighted by Gasteiger charge is 2.29. The SMILES string of the molecule is FC(F)(F)c1ccc(-n2cnc(OCc3ccccn3)c2)cc1. The molecule has 0 aliphatic carbocycles. The Morgan fingerprint density at radius 3 is 2.43 bits per heavy atom. The zero-order chi connectivity index (χ0) is 16.3. The van der Waals surface area contributed by atoms with Crippen molar-refractivity contribution in [2.75, 3.05) is 0 Å². The summed E-state index contributed by atoms with van der Waals surface area (Å²) in [6.07, 6.45) is 0.409. The molecule has 3 rings (SSSR count). The minimum absolute atomic E-state index is 0.269. The van der Waals surface area contributed by atoms with Gasteiger partial charge in [-0.05, 0) is 36.4 Å². The van der Waals surface area contributed by atoms with Crippen molar-refractivity contribution in [2.45, 2.75) is 12.8 Å². The summed E-state index contributed by atoms with van der Waals surface area (Å²) in [5.74, 6) is 0.371. The highest BCUT2D eigenvalue weighted by Crippen LogP contribution is 2.29. The number of benzene rings is 1. The maximum atomic E-state index is 12.5. The summed E-state index contributed by atoms with van der Waals surface area (Å²) < 4.78 is 44.7. The molecule has 0 atom stereocenters. The number of halogens is 3. The van der Waals surface area contributed by atoms with Gasteiger partial charge in [-0.1, -0.05) is 6.07 Å². The van der Waals surface area contributed by atoms with E-state index in [4.69, 9.17) is 4.74 Å². The van der Waals surface area contributed by atoms with Gasteiger partial charge in [0.05, 0.1) is 17.5 Å². The third-order valence-corrected chi connectivity index (χ3v) is 3.15. The van der Waals surface area contributed by atoms with Crippen LogP contribution in [-0.2, 0) is 12.8 Å². The fourth-order valence-corrected chi connectivity index (χ4v) is 1.97. The Balaban J connectivity index is 1.69. The lowest BCUT2D eigenvalue weighted by Crippen LogP contribution is -2.04. The molecule has 118 valence electrons. The lowest BCUT2D eigenvalue weighted by Gasteiger charge is -2.07. The van der Waals surface area contributed by atoms with Gasteiger partial charge in [0.25, 0.3) is 0 Å². The van der Waals surface area contributed by atoms with Crippen molar-refractivity contribution < 1.29 is 17.9 Å². The largest absolute Gasteiger partial charge is 0.470 e. The summed E-state index contributed by atoms with van der Waals surface area (Å²) in [4.78, 5) is 8.19. The fraction of sp³-hybridized carbons (Fsp3) is 0.125. The molecule has 7 heteroatoms. The molecule has 0 aliphatic rings. The van der Waals surface area contributed by atoms with Crippen LogP contribution in [0.4, 0.5) is 13.2 Å². The zero-order valence-corrected chi connectivity index (χ0v) is 11.9. The van der Waals surface area contributed by atoms with Gasteiger partial charge in [-0.15, -0.1) is 0 Å². The fourth-order valence-electron chi connectivity index (χ4n) is 1.97. The Morgan fingerprint density at radius 1 is 1.00 bits per heavy atom. The molecular formula is C16H12F3N3O. The van der Waals surface area contributed by atoms with E-state index in [-0.39, 0.29) is 6.61 Å². The van der Waals surface area contributed by atoms with Gasteiger partial charge in [0, 0.05) is 11.9 Å². The number of aromatic nitrogens is 3. The minimum Gasteiger partial charge on any atom is -0.470 e. The molecule has 0 fully saturated rings. The summed E-state index contributed by atoms with van der Waals surface area (Å²) in [7, 11) is 0. The van der Waals surface area contributed by atoms with Crippen LogP contribution in [0.2, 0.25) is 0 Å². The Bertz CT molecular complexity index is 767. The Hall–Kier alpha value is -2.83. The van der Waals surface area contributed by atoms with Crippen LogP contribution in [-0.4, -0.2) is 14.5 Å². The number of nitrogens with zero attached hydrogens (tertiary/aromatic N) is 3. The minimum atomic E-state index is -4.34. The van der Waals surface area contributed by atoms with Gasteiger partial charge in [0.1, 0.15) is 12.9 Å². The average Bonchev–Trinajstić information content (AvgIpc) is 3.02. The van der Waals surface area contributed by atoms with Crippen molar-refractivity contribution in [2.24, 2.45) is 0 Å². The molecule has 0 saturated carbocycles. The van der Waals surface area contributed by atoms with E-state index in [0.717, 1.165) is 17.8 Å². The van der Waals surface area contributed by atoms with Crippen molar-refractivity contribution in [3.05, 3.63) is 72.4 Å². The molecule has 3 aromatic rings. The molecule has 23 heavy (non-hydrogen) atoms. The van der Waals surface area contributed by atoms with Crippen LogP contribution in [0.5, 0.6) is 5.88 Å². The number of imidazole rings is 1. The van der Waals surface area contributed by atoms with Gasteiger partial charge >= 0.3 is 6.18 Å². The normalized spacial score (nSPS) is 11.4. The molecule has 0 N–H and O–H groups in total. The average molecular weight is 319 g/mol. The summed E-state index contributed by atoms with van der Waals surface area (Å²) in [6.45, 7) is 0.269. The van der Waals surface area contributed by atoms with E-state index in [1.165, 1.54) is 18.5 Å². The second-order valence-corrected chi connectivity index (χ2v) is 4.77. The van der Waals surface area contributed by atoms with Crippen molar-refractivity contribution in [3.8, 4) is 11.6 Å². The van der Waals surface area contributed by atoms with Crippen LogP contribution in [0.3, 0.4) is 0 Å². The Labute approximate surface area is 130 Å². The Morgan fingerprint density at radius 2 is 1.78 bits per heavy atom. The predicted octanol–water partition coefficient (Wildman–Crippen LogP) is 3.87.